The van der Waals surface area contributed by atoms with Gasteiger partial charge in [-0.1, -0.05) is 13.3 Å². The van der Waals surface area contributed by atoms with Crippen LogP contribution in [0.15, 0.2) is 0 Å². The first-order valence-electron chi connectivity index (χ1n) is 6.66. The molecular formula is C13H28N2O. The van der Waals surface area contributed by atoms with Crippen molar-refractivity contribution in [3.05, 3.63) is 0 Å². The number of hydrogen-bond acceptors (Lipinski definition) is 3. The van der Waals surface area contributed by atoms with Gasteiger partial charge in [-0.2, -0.15) is 0 Å². The number of nitrogens with one attached hydrogen (secondary N) is 1. The van der Waals surface area contributed by atoms with E-state index in [0.29, 0.717) is 6.04 Å². The summed E-state index contributed by atoms with van der Waals surface area (Å²) < 4.78 is 5.46. The molecule has 1 rings (SSSR count). The first kappa shape index (κ1) is 13.9. The molecule has 1 aliphatic rings. The van der Waals surface area contributed by atoms with E-state index in [4.69, 9.17) is 4.74 Å². The van der Waals surface area contributed by atoms with Gasteiger partial charge in [-0.15, -0.1) is 0 Å². The lowest BCUT2D eigenvalue weighted by atomic mass is 9.96. The van der Waals surface area contributed by atoms with Crippen molar-refractivity contribution >= 4 is 0 Å². The van der Waals surface area contributed by atoms with Gasteiger partial charge in [-0.25, -0.2) is 0 Å². The highest BCUT2D eigenvalue weighted by atomic mass is 16.5. The SMILES string of the molecule is CCCC1CN(CCOCC)C(C)(C)CN1. The van der Waals surface area contributed by atoms with E-state index in [9.17, 15) is 0 Å². The van der Waals surface area contributed by atoms with Crippen molar-refractivity contribution in [2.45, 2.75) is 52.1 Å². The molecule has 1 heterocycles. The topological polar surface area (TPSA) is 24.5 Å². The maximum atomic E-state index is 5.46. The third kappa shape index (κ3) is 4.04. The normalized spacial score (nSPS) is 25.9. The Morgan fingerprint density at radius 1 is 1.38 bits per heavy atom. The lowest BCUT2D eigenvalue weighted by molar-refractivity contribution is 0.0299. The molecule has 1 unspecified atom stereocenters. The van der Waals surface area contributed by atoms with Crippen LogP contribution < -0.4 is 5.32 Å². The highest BCUT2D eigenvalue weighted by Gasteiger charge is 2.32. The van der Waals surface area contributed by atoms with E-state index in [2.05, 4.69) is 37.9 Å². The molecule has 1 fully saturated rings. The minimum absolute atomic E-state index is 0.265. The molecular weight excluding hydrogens is 200 g/mol. The number of rotatable bonds is 6. The Morgan fingerprint density at radius 2 is 2.12 bits per heavy atom. The second kappa shape index (κ2) is 6.58. The number of nitrogens with zero attached hydrogens (tertiary/aromatic N) is 1. The molecule has 0 aromatic carbocycles. The monoisotopic (exact) mass is 228 g/mol. The van der Waals surface area contributed by atoms with E-state index < -0.39 is 0 Å². The lowest BCUT2D eigenvalue weighted by Gasteiger charge is -2.46. The molecule has 1 saturated heterocycles. The maximum Gasteiger partial charge on any atom is 0.0593 e. The predicted octanol–water partition coefficient (Wildman–Crippen LogP) is 1.88. The molecule has 0 aliphatic carbocycles. The summed E-state index contributed by atoms with van der Waals surface area (Å²) in [5.41, 5.74) is 0.265. The third-order valence-corrected chi connectivity index (χ3v) is 3.47. The van der Waals surface area contributed by atoms with E-state index in [1.165, 1.54) is 12.8 Å². The lowest BCUT2D eigenvalue weighted by Crippen LogP contribution is -2.62. The summed E-state index contributed by atoms with van der Waals surface area (Å²) in [6.45, 7) is 13.9. The molecule has 0 amide bonds. The van der Waals surface area contributed by atoms with Crippen molar-refractivity contribution in [2.24, 2.45) is 0 Å². The summed E-state index contributed by atoms with van der Waals surface area (Å²) in [6.07, 6.45) is 2.54. The molecule has 3 heteroatoms. The summed E-state index contributed by atoms with van der Waals surface area (Å²) in [5, 5.41) is 3.65. The van der Waals surface area contributed by atoms with Crippen molar-refractivity contribution in [1.82, 2.24) is 10.2 Å². The van der Waals surface area contributed by atoms with Gasteiger partial charge >= 0.3 is 0 Å². The summed E-state index contributed by atoms with van der Waals surface area (Å²) in [5.74, 6) is 0. The van der Waals surface area contributed by atoms with E-state index in [1.54, 1.807) is 0 Å². The van der Waals surface area contributed by atoms with Gasteiger partial charge < -0.3 is 10.1 Å². The first-order valence-corrected chi connectivity index (χ1v) is 6.66. The zero-order chi connectivity index (χ0) is 12.0. The van der Waals surface area contributed by atoms with Crippen LogP contribution in [0.4, 0.5) is 0 Å². The van der Waals surface area contributed by atoms with Crippen molar-refractivity contribution in [3.8, 4) is 0 Å². The van der Waals surface area contributed by atoms with Gasteiger partial charge in [-0.3, -0.25) is 4.90 Å². The molecule has 0 bridgehead atoms. The van der Waals surface area contributed by atoms with Crippen LogP contribution in [0.5, 0.6) is 0 Å². The molecule has 3 nitrogen and oxygen atoms in total. The molecule has 96 valence electrons. The Hall–Kier alpha value is -0.120. The summed E-state index contributed by atoms with van der Waals surface area (Å²) >= 11 is 0. The summed E-state index contributed by atoms with van der Waals surface area (Å²) in [7, 11) is 0. The fourth-order valence-electron chi connectivity index (χ4n) is 2.34. The average molecular weight is 228 g/mol. The second-order valence-electron chi connectivity index (χ2n) is 5.32. The standard InChI is InChI=1S/C13H28N2O/c1-5-7-12-10-15(8-9-16-6-2)13(3,4)11-14-12/h12,14H,5-11H2,1-4H3. The minimum Gasteiger partial charge on any atom is -0.380 e. The zero-order valence-corrected chi connectivity index (χ0v) is 11.4. The van der Waals surface area contributed by atoms with E-state index >= 15 is 0 Å². The van der Waals surface area contributed by atoms with Crippen LogP contribution >= 0.6 is 0 Å². The predicted molar refractivity (Wildman–Crippen MR) is 68.8 cm³/mol. The Morgan fingerprint density at radius 3 is 2.75 bits per heavy atom. The van der Waals surface area contributed by atoms with Gasteiger partial charge in [0.05, 0.1) is 6.61 Å². The van der Waals surface area contributed by atoms with E-state index in [0.717, 1.165) is 32.8 Å². The molecule has 1 N–H and O–H groups in total. The smallest absolute Gasteiger partial charge is 0.0593 e. The fraction of sp³-hybridized carbons (Fsp3) is 1.00. The number of ether oxygens (including phenoxy) is 1. The van der Waals surface area contributed by atoms with Crippen LogP contribution in [0.25, 0.3) is 0 Å². The molecule has 16 heavy (non-hydrogen) atoms. The Kier molecular flexibility index (Phi) is 5.73. The van der Waals surface area contributed by atoms with Gasteiger partial charge in [0.25, 0.3) is 0 Å². The van der Waals surface area contributed by atoms with E-state index in [1.807, 2.05) is 0 Å². The quantitative estimate of drug-likeness (QED) is 0.703. The van der Waals surface area contributed by atoms with Gasteiger partial charge in [0.2, 0.25) is 0 Å². The van der Waals surface area contributed by atoms with Gasteiger partial charge in [0.15, 0.2) is 0 Å². The number of hydrogen-bond donors (Lipinski definition) is 1. The molecule has 0 radical (unpaired) electrons. The molecule has 0 spiro atoms. The van der Waals surface area contributed by atoms with Crippen LogP contribution in [0.2, 0.25) is 0 Å². The highest BCUT2D eigenvalue weighted by molar-refractivity contribution is 4.92. The van der Waals surface area contributed by atoms with Gasteiger partial charge in [0, 0.05) is 37.8 Å². The van der Waals surface area contributed by atoms with Crippen LogP contribution in [0.3, 0.4) is 0 Å². The molecule has 1 atom stereocenters. The average Bonchev–Trinajstić information content (AvgIpc) is 2.23. The van der Waals surface area contributed by atoms with Crippen molar-refractivity contribution in [1.29, 1.82) is 0 Å². The second-order valence-corrected chi connectivity index (χ2v) is 5.32. The Bertz CT molecular complexity index is 194. The molecule has 0 aromatic rings. The molecule has 1 aliphatic heterocycles. The van der Waals surface area contributed by atoms with Crippen LogP contribution in [-0.4, -0.2) is 49.3 Å². The first-order chi connectivity index (χ1) is 7.60. The fourth-order valence-corrected chi connectivity index (χ4v) is 2.34. The Balaban J connectivity index is 2.41. The van der Waals surface area contributed by atoms with Crippen LogP contribution in [0, 0.1) is 0 Å². The minimum atomic E-state index is 0.265. The third-order valence-electron chi connectivity index (χ3n) is 3.47. The summed E-state index contributed by atoms with van der Waals surface area (Å²) in [6, 6.07) is 0.666. The summed E-state index contributed by atoms with van der Waals surface area (Å²) in [4.78, 5) is 2.57. The zero-order valence-electron chi connectivity index (χ0n) is 11.4. The highest BCUT2D eigenvalue weighted by Crippen LogP contribution is 2.19. The van der Waals surface area contributed by atoms with Crippen molar-refractivity contribution in [3.63, 3.8) is 0 Å². The van der Waals surface area contributed by atoms with Gasteiger partial charge in [-0.05, 0) is 27.2 Å². The maximum absolute atomic E-state index is 5.46. The molecule has 0 saturated carbocycles. The van der Waals surface area contributed by atoms with Crippen molar-refractivity contribution in [2.75, 3.05) is 32.8 Å². The van der Waals surface area contributed by atoms with Crippen LogP contribution in [-0.2, 0) is 4.74 Å². The van der Waals surface area contributed by atoms with Crippen LogP contribution in [0.1, 0.15) is 40.5 Å². The Labute approximate surface area is 101 Å². The van der Waals surface area contributed by atoms with E-state index in [-0.39, 0.29) is 5.54 Å². The number of piperazine rings is 1. The van der Waals surface area contributed by atoms with Crippen molar-refractivity contribution < 1.29 is 4.74 Å². The van der Waals surface area contributed by atoms with Gasteiger partial charge in [0.1, 0.15) is 0 Å². The largest absolute Gasteiger partial charge is 0.380 e. The molecule has 0 aromatic heterocycles.